The Kier molecular flexibility index (Phi) is 3.54. The highest BCUT2D eigenvalue weighted by molar-refractivity contribution is 5.64. The van der Waals surface area contributed by atoms with Crippen LogP contribution in [-0.2, 0) is 6.54 Å². The Bertz CT molecular complexity index is 378. The van der Waals surface area contributed by atoms with Gasteiger partial charge >= 0.3 is 0 Å². The second-order valence-electron chi connectivity index (χ2n) is 4.57. The van der Waals surface area contributed by atoms with Crippen molar-refractivity contribution in [2.24, 2.45) is 0 Å². The predicted molar refractivity (Wildman–Crippen MR) is 69.7 cm³/mol. The smallest absolute Gasteiger partial charge is 0.162 e. The number of aromatic nitrogens is 2. The van der Waals surface area contributed by atoms with Gasteiger partial charge in [0.1, 0.15) is 0 Å². The maximum absolute atomic E-state index is 6.04. The first-order valence-electron chi connectivity index (χ1n) is 6.14. The fourth-order valence-corrected chi connectivity index (χ4v) is 2.01. The van der Waals surface area contributed by atoms with E-state index in [1.54, 1.807) is 0 Å². The van der Waals surface area contributed by atoms with E-state index >= 15 is 0 Å². The van der Waals surface area contributed by atoms with Gasteiger partial charge in [0.2, 0.25) is 0 Å². The van der Waals surface area contributed by atoms with Crippen LogP contribution in [0.15, 0.2) is 0 Å². The van der Waals surface area contributed by atoms with Crippen LogP contribution in [0.2, 0.25) is 0 Å². The van der Waals surface area contributed by atoms with E-state index in [-0.39, 0.29) is 0 Å². The molecule has 1 aliphatic rings. The molecule has 96 valence electrons. The zero-order chi connectivity index (χ0) is 12.4. The number of nitrogens with zero attached hydrogens (tertiary/aromatic N) is 4. The Balaban J connectivity index is 2.07. The maximum atomic E-state index is 6.04. The van der Waals surface area contributed by atoms with Crippen molar-refractivity contribution in [3.05, 3.63) is 5.69 Å². The molecular weight excluding hydrogens is 216 g/mol. The fraction of sp³-hybridized carbons (Fsp3) is 0.727. The lowest BCUT2D eigenvalue weighted by Gasteiger charge is -2.33. The summed E-state index contributed by atoms with van der Waals surface area (Å²) in [6.07, 6.45) is 0. The molecule has 0 atom stereocenters. The first-order valence-corrected chi connectivity index (χ1v) is 6.14. The Hall–Kier alpha value is -1.27. The molecule has 2 rings (SSSR count). The molecule has 6 heteroatoms. The van der Waals surface area contributed by atoms with Crippen molar-refractivity contribution in [2.75, 3.05) is 44.4 Å². The van der Waals surface area contributed by atoms with Crippen LogP contribution in [-0.4, -0.2) is 52.9 Å². The van der Waals surface area contributed by atoms with Crippen LogP contribution in [0.25, 0.3) is 0 Å². The number of aryl methyl sites for hydroxylation is 2. The molecule has 1 fully saturated rings. The summed E-state index contributed by atoms with van der Waals surface area (Å²) < 4.78 is 1.92. The minimum Gasteiger partial charge on any atom is -0.394 e. The zero-order valence-corrected chi connectivity index (χ0v) is 10.9. The summed E-state index contributed by atoms with van der Waals surface area (Å²) in [5.74, 6) is 0.926. The van der Waals surface area contributed by atoms with Gasteiger partial charge in [-0.2, -0.15) is 5.10 Å². The summed E-state index contributed by atoms with van der Waals surface area (Å²) >= 11 is 0. The molecule has 0 radical (unpaired) electrons. The van der Waals surface area contributed by atoms with E-state index < -0.39 is 0 Å². The van der Waals surface area contributed by atoms with Crippen molar-refractivity contribution >= 4 is 11.5 Å². The highest BCUT2D eigenvalue weighted by Gasteiger charge is 2.17. The first kappa shape index (κ1) is 12.2. The van der Waals surface area contributed by atoms with Gasteiger partial charge in [-0.05, 0) is 20.9 Å². The van der Waals surface area contributed by atoms with E-state index in [9.17, 15) is 0 Å². The normalized spacial score (nSPS) is 18.5. The minimum absolute atomic E-state index is 0.755. The van der Waals surface area contributed by atoms with Crippen LogP contribution in [0.4, 0.5) is 11.5 Å². The average Bonchev–Trinajstić information content (AvgIpc) is 2.59. The third-order valence-electron chi connectivity index (χ3n) is 3.24. The lowest BCUT2D eigenvalue weighted by molar-refractivity contribution is 0.178. The number of anilines is 2. The highest BCUT2D eigenvalue weighted by atomic mass is 15.6. The van der Waals surface area contributed by atoms with Gasteiger partial charge in [0.05, 0.1) is 11.4 Å². The maximum Gasteiger partial charge on any atom is 0.162 e. The van der Waals surface area contributed by atoms with Gasteiger partial charge in [-0.3, -0.25) is 0 Å². The van der Waals surface area contributed by atoms with Gasteiger partial charge in [0.25, 0.3) is 0 Å². The van der Waals surface area contributed by atoms with Crippen molar-refractivity contribution in [3.63, 3.8) is 0 Å². The number of piperazine rings is 1. The summed E-state index contributed by atoms with van der Waals surface area (Å²) in [5.41, 5.74) is 11.1. The van der Waals surface area contributed by atoms with E-state index in [1.165, 1.54) is 0 Å². The van der Waals surface area contributed by atoms with Gasteiger partial charge in [0, 0.05) is 32.7 Å². The summed E-state index contributed by atoms with van der Waals surface area (Å²) in [7, 11) is 2.14. The van der Waals surface area contributed by atoms with E-state index in [1.807, 2.05) is 11.6 Å². The van der Waals surface area contributed by atoms with Crippen LogP contribution < -0.4 is 11.2 Å². The molecule has 0 saturated carbocycles. The SMILES string of the molecule is CCn1nc(C)c(N)c1NN1CCN(C)CC1. The number of hydrogen-bond donors (Lipinski definition) is 2. The molecule has 0 aliphatic carbocycles. The lowest BCUT2D eigenvalue weighted by atomic mass is 10.3. The van der Waals surface area contributed by atoms with Crippen LogP contribution >= 0.6 is 0 Å². The molecule has 17 heavy (non-hydrogen) atoms. The number of nitrogen functional groups attached to an aromatic ring is 1. The molecule has 0 unspecified atom stereocenters. The Morgan fingerprint density at radius 2 is 1.94 bits per heavy atom. The van der Waals surface area contributed by atoms with Crippen molar-refractivity contribution in [1.29, 1.82) is 0 Å². The number of hydrogen-bond acceptors (Lipinski definition) is 5. The quantitative estimate of drug-likeness (QED) is 0.796. The largest absolute Gasteiger partial charge is 0.394 e. The van der Waals surface area contributed by atoms with Crippen LogP contribution in [0, 0.1) is 6.92 Å². The van der Waals surface area contributed by atoms with Crippen LogP contribution in [0.3, 0.4) is 0 Å². The van der Waals surface area contributed by atoms with Gasteiger partial charge in [0.15, 0.2) is 5.82 Å². The van der Waals surface area contributed by atoms with Gasteiger partial charge in [-0.1, -0.05) is 0 Å². The van der Waals surface area contributed by atoms with Gasteiger partial charge in [-0.25, -0.2) is 9.69 Å². The molecule has 1 aliphatic heterocycles. The number of likely N-dealkylation sites (N-methyl/N-ethyl adjacent to an activating group) is 1. The zero-order valence-electron chi connectivity index (χ0n) is 10.9. The monoisotopic (exact) mass is 238 g/mol. The number of nitrogens with one attached hydrogen (secondary N) is 1. The molecule has 1 aromatic heterocycles. The highest BCUT2D eigenvalue weighted by Crippen LogP contribution is 2.22. The van der Waals surface area contributed by atoms with E-state index in [2.05, 4.69) is 34.4 Å². The topological polar surface area (TPSA) is 62.4 Å². The van der Waals surface area contributed by atoms with Crippen molar-refractivity contribution in [3.8, 4) is 0 Å². The fourth-order valence-electron chi connectivity index (χ4n) is 2.01. The molecule has 0 bridgehead atoms. The molecule has 0 spiro atoms. The van der Waals surface area contributed by atoms with Crippen molar-refractivity contribution in [2.45, 2.75) is 20.4 Å². The summed E-state index contributed by atoms with van der Waals surface area (Å²) in [4.78, 5) is 2.32. The molecule has 0 aromatic carbocycles. The Morgan fingerprint density at radius 1 is 1.29 bits per heavy atom. The van der Waals surface area contributed by atoms with Crippen molar-refractivity contribution < 1.29 is 0 Å². The van der Waals surface area contributed by atoms with Crippen LogP contribution in [0.5, 0.6) is 0 Å². The Labute approximate surface area is 102 Å². The average molecular weight is 238 g/mol. The third-order valence-corrected chi connectivity index (χ3v) is 3.24. The second-order valence-corrected chi connectivity index (χ2v) is 4.57. The van der Waals surface area contributed by atoms with Gasteiger partial charge in [-0.15, -0.1) is 0 Å². The number of hydrazine groups is 1. The van der Waals surface area contributed by atoms with Crippen molar-refractivity contribution in [1.82, 2.24) is 19.7 Å². The molecule has 3 N–H and O–H groups in total. The van der Waals surface area contributed by atoms with E-state index in [4.69, 9.17) is 5.73 Å². The molecule has 1 aromatic rings. The standard InChI is InChI=1S/C11H22N6/c1-4-17-11(10(12)9(2)13-17)14-16-7-5-15(3)6-8-16/h14H,4-8,12H2,1-3H3. The second kappa shape index (κ2) is 4.93. The molecular formula is C11H22N6. The predicted octanol–water partition coefficient (Wildman–Crippen LogP) is 0.368. The van der Waals surface area contributed by atoms with Crippen LogP contribution in [0.1, 0.15) is 12.6 Å². The summed E-state index contributed by atoms with van der Waals surface area (Å²) in [6, 6.07) is 0. The molecule has 2 heterocycles. The van der Waals surface area contributed by atoms with E-state index in [0.29, 0.717) is 0 Å². The number of rotatable bonds is 3. The van der Waals surface area contributed by atoms with Gasteiger partial charge < -0.3 is 16.1 Å². The number of nitrogens with two attached hydrogens (primary N) is 1. The summed E-state index contributed by atoms with van der Waals surface area (Å²) in [6.45, 7) is 9.00. The Morgan fingerprint density at radius 3 is 2.53 bits per heavy atom. The third kappa shape index (κ3) is 2.53. The van der Waals surface area contributed by atoms with E-state index in [0.717, 1.165) is 49.9 Å². The minimum atomic E-state index is 0.755. The molecule has 1 saturated heterocycles. The summed E-state index contributed by atoms with van der Waals surface area (Å²) in [5, 5.41) is 6.61. The lowest BCUT2D eigenvalue weighted by Crippen LogP contribution is -2.47. The molecule has 6 nitrogen and oxygen atoms in total. The molecule has 0 amide bonds. The first-order chi connectivity index (χ1) is 8.11.